The predicted octanol–water partition coefficient (Wildman–Crippen LogP) is 3.71. The van der Waals surface area contributed by atoms with Crippen LogP contribution in [-0.2, 0) is 10.0 Å². The highest BCUT2D eigenvalue weighted by Gasteiger charge is 2.27. The van der Waals surface area contributed by atoms with Crippen LogP contribution in [0.4, 0.5) is 5.95 Å². The number of ether oxygens (including phenoxy) is 2. The van der Waals surface area contributed by atoms with Crippen molar-refractivity contribution in [3.63, 3.8) is 0 Å². The van der Waals surface area contributed by atoms with Crippen LogP contribution in [0.3, 0.4) is 0 Å². The molecule has 0 saturated heterocycles. The number of anilines is 1. The Kier molecular flexibility index (Phi) is 6.31. The van der Waals surface area contributed by atoms with Crippen molar-refractivity contribution in [3.05, 3.63) is 65.9 Å². The summed E-state index contributed by atoms with van der Waals surface area (Å²) in [7, 11) is -1.12. The largest absolute Gasteiger partial charge is 0.494 e. The molecule has 0 spiro atoms. The number of hydrogen-bond donors (Lipinski definition) is 2. The quantitative estimate of drug-likeness (QED) is 0.387. The standard InChI is InChI=1S/C23H24N4O6S/c1-14-11-12-20(33-14)22-24-25-23(27(22)21-18(31-3)9-6-10-19(21)32-4)26-34(29,30)17-8-5-7-16(13-17)15(2)28/h5-13,15,28H,1-4H3,(H,25,26)/t15-/m1/s1. The van der Waals surface area contributed by atoms with Gasteiger partial charge in [0.05, 0.1) is 25.2 Å². The molecule has 34 heavy (non-hydrogen) atoms. The lowest BCUT2D eigenvalue weighted by Crippen LogP contribution is -2.17. The Morgan fingerprint density at radius 1 is 1.03 bits per heavy atom. The molecule has 0 saturated carbocycles. The molecule has 0 aliphatic rings. The van der Waals surface area contributed by atoms with Crippen LogP contribution in [0.5, 0.6) is 11.5 Å². The molecule has 178 valence electrons. The average Bonchev–Trinajstić information content (AvgIpc) is 3.43. The third-order valence-corrected chi connectivity index (χ3v) is 6.45. The van der Waals surface area contributed by atoms with E-state index in [-0.39, 0.29) is 16.7 Å². The number of para-hydroxylation sites is 1. The molecular weight excluding hydrogens is 460 g/mol. The number of sulfonamides is 1. The fraction of sp³-hybridized carbons (Fsp3) is 0.217. The number of aryl methyl sites for hydroxylation is 1. The van der Waals surface area contributed by atoms with Gasteiger partial charge in [-0.15, -0.1) is 10.2 Å². The van der Waals surface area contributed by atoms with E-state index in [1.165, 1.54) is 30.9 Å². The number of hydrogen-bond acceptors (Lipinski definition) is 8. The number of methoxy groups -OCH3 is 2. The summed E-state index contributed by atoms with van der Waals surface area (Å²) in [5.41, 5.74) is 0.847. The summed E-state index contributed by atoms with van der Waals surface area (Å²) in [6, 6.07) is 14.7. The Bertz CT molecular complexity index is 1400. The number of nitrogens with one attached hydrogen (secondary N) is 1. The van der Waals surface area contributed by atoms with Crippen molar-refractivity contribution in [3.8, 4) is 28.8 Å². The Hall–Kier alpha value is -3.83. The third kappa shape index (κ3) is 4.35. The highest BCUT2D eigenvalue weighted by Crippen LogP contribution is 2.38. The number of aliphatic hydroxyl groups excluding tert-OH is 1. The molecular formula is C23H24N4O6S. The lowest BCUT2D eigenvalue weighted by molar-refractivity contribution is 0.199. The molecule has 4 rings (SSSR count). The van der Waals surface area contributed by atoms with E-state index >= 15 is 0 Å². The first-order chi connectivity index (χ1) is 16.2. The molecule has 0 aliphatic heterocycles. The fourth-order valence-electron chi connectivity index (χ4n) is 3.45. The van der Waals surface area contributed by atoms with Crippen molar-refractivity contribution in [1.29, 1.82) is 0 Å². The van der Waals surface area contributed by atoms with Crippen LogP contribution in [0.15, 0.2) is 63.9 Å². The topological polar surface area (TPSA) is 129 Å². The Morgan fingerprint density at radius 3 is 2.29 bits per heavy atom. The number of rotatable bonds is 8. The zero-order valence-corrected chi connectivity index (χ0v) is 19.8. The van der Waals surface area contributed by atoms with Crippen molar-refractivity contribution in [2.75, 3.05) is 18.9 Å². The van der Waals surface area contributed by atoms with Gasteiger partial charge in [0.1, 0.15) is 22.9 Å². The Morgan fingerprint density at radius 2 is 1.71 bits per heavy atom. The minimum atomic E-state index is -4.10. The molecule has 11 heteroatoms. The van der Waals surface area contributed by atoms with Crippen molar-refractivity contribution in [2.24, 2.45) is 0 Å². The van der Waals surface area contributed by atoms with Crippen LogP contribution in [-0.4, -0.2) is 42.5 Å². The lowest BCUT2D eigenvalue weighted by Gasteiger charge is -2.17. The van der Waals surface area contributed by atoms with E-state index in [0.717, 1.165) is 0 Å². The maximum Gasteiger partial charge on any atom is 0.264 e. The van der Waals surface area contributed by atoms with E-state index in [0.29, 0.717) is 34.3 Å². The predicted molar refractivity (Wildman–Crippen MR) is 125 cm³/mol. The minimum Gasteiger partial charge on any atom is -0.494 e. The van der Waals surface area contributed by atoms with Crippen LogP contribution >= 0.6 is 0 Å². The van der Waals surface area contributed by atoms with E-state index in [1.54, 1.807) is 56.3 Å². The maximum absolute atomic E-state index is 13.3. The van der Waals surface area contributed by atoms with Gasteiger partial charge in [-0.1, -0.05) is 18.2 Å². The zero-order valence-electron chi connectivity index (χ0n) is 19.0. The highest BCUT2D eigenvalue weighted by atomic mass is 32.2. The van der Waals surface area contributed by atoms with Gasteiger partial charge in [0.15, 0.2) is 5.76 Å². The Labute approximate surface area is 196 Å². The van der Waals surface area contributed by atoms with E-state index in [4.69, 9.17) is 13.9 Å². The van der Waals surface area contributed by atoms with Crippen LogP contribution in [0.2, 0.25) is 0 Å². The molecule has 0 bridgehead atoms. The third-order valence-electron chi connectivity index (χ3n) is 5.13. The summed E-state index contributed by atoms with van der Waals surface area (Å²) in [5, 5.41) is 18.2. The summed E-state index contributed by atoms with van der Waals surface area (Å²) < 4.78 is 47.3. The molecule has 2 N–H and O–H groups in total. The monoisotopic (exact) mass is 484 g/mol. The van der Waals surface area contributed by atoms with Crippen molar-refractivity contribution in [1.82, 2.24) is 14.8 Å². The minimum absolute atomic E-state index is 0.0390. The molecule has 0 unspecified atom stereocenters. The van der Waals surface area contributed by atoms with Crippen LogP contribution in [0.25, 0.3) is 17.3 Å². The highest BCUT2D eigenvalue weighted by molar-refractivity contribution is 7.92. The summed E-state index contributed by atoms with van der Waals surface area (Å²) in [6.07, 6.45) is -0.828. The van der Waals surface area contributed by atoms with Crippen molar-refractivity contribution < 1.29 is 27.4 Å². The number of aromatic nitrogens is 3. The molecule has 1 atom stereocenters. The van der Waals surface area contributed by atoms with Gasteiger partial charge in [-0.05, 0) is 55.8 Å². The number of nitrogens with zero attached hydrogens (tertiary/aromatic N) is 3. The van der Waals surface area contributed by atoms with Crippen LogP contribution < -0.4 is 14.2 Å². The number of furan rings is 1. The summed E-state index contributed by atoms with van der Waals surface area (Å²) in [5.74, 6) is 1.97. The van der Waals surface area contributed by atoms with E-state index in [9.17, 15) is 13.5 Å². The normalized spacial score (nSPS) is 12.4. The van der Waals surface area contributed by atoms with Crippen molar-refractivity contribution in [2.45, 2.75) is 24.8 Å². The second-order valence-corrected chi connectivity index (χ2v) is 9.14. The van der Waals surface area contributed by atoms with Gasteiger partial charge in [-0.25, -0.2) is 13.1 Å². The maximum atomic E-state index is 13.3. The van der Waals surface area contributed by atoms with Gasteiger partial charge in [0.2, 0.25) is 11.8 Å². The first kappa shape index (κ1) is 23.3. The summed E-state index contributed by atoms with van der Waals surface area (Å²) >= 11 is 0. The van der Waals surface area contributed by atoms with Crippen molar-refractivity contribution >= 4 is 16.0 Å². The number of aliphatic hydroxyl groups is 1. The molecule has 0 amide bonds. The fourth-order valence-corrected chi connectivity index (χ4v) is 4.49. The van der Waals surface area contributed by atoms with E-state index < -0.39 is 16.1 Å². The van der Waals surface area contributed by atoms with Crippen LogP contribution in [0, 0.1) is 6.92 Å². The molecule has 10 nitrogen and oxygen atoms in total. The Balaban J connectivity index is 1.90. The first-order valence-electron chi connectivity index (χ1n) is 10.3. The van der Waals surface area contributed by atoms with Gasteiger partial charge < -0.3 is 19.0 Å². The average molecular weight is 485 g/mol. The van der Waals surface area contributed by atoms with Gasteiger partial charge in [0, 0.05) is 0 Å². The molecule has 0 radical (unpaired) electrons. The first-order valence-corrected chi connectivity index (χ1v) is 11.8. The van der Waals surface area contributed by atoms with Gasteiger partial charge >= 0.3 is 0 Å². The smallest absolute Gasteiger partial charge is 0.264 e. The SMILES string of the molecule is COc1cccc(OC)c1-n1c(NS(=O)(=O)c2cccc([C@@H](C)O)c2)nnc1-c1ccc(C)o1. The van der Waals surface area contributed by atoms with Gasteiger partial charge in [-0.3, -0.25) is 4.57 Å². The van der Waals surface area contributed by atoms with Crippen LogP contribution in [0.1, 0.15) is 24.4 Å². The van der Waals surface area contributed by atoms with Gasteiger partial charge in [0.25, 0.3) is 10.0 Å². The number of benzene rings is 2. The molecule has 4 aromatic rings. The molecule has 0 aliphatic carbocycles. The van der Waals surface area contributed by atoms with E-state index in [1.807, 2.05) is 0 Å². The lowest BCUT2D eigenvalue weighted by atomic mass is 10.1. The van der Waals surface area contributed by atoms with E-state index in [2.05, 4.69) is 14.9 Å². The molecule has 2 heterocycles. The van der Waals surface area contributed by atoms with Gasteiger partial charge in [-0.2, -0.15) is 0 Å². The second kappa shape index (κ2) is 9.20. The second-order valence-electron chi connectivity index (χ2n) is 7.46. The summed E-state index contributed by atoms with van der Waals surface area (Å²) in [6.45, 7) is 3.34. The summed E-state index contributed by atoms with van der Waals surface area (Å²) in [4.78, 5) is -0.0390. The molecule has 2 aromatic heterocycles. The molecule has 2 aromatic carbocycles. The zero-order chi connectivity index (χ0) is 24.5. The molecule has 0 fully saturated rings.